The number of hydrogen-bond donors (Lipinski definition) is 1. The minimum Gasteiger partial charge on any atom is -0.487 e. The van der Waals surface area contributed by atoms with E-state index in [-0.39, 0.29) is 0 Å². The molecule has 0 rings (SSSR count). The topological polar surface area (TPSA) is 46.5 Å². The van der Waals surface area contributed by atoms with Crippen molar-refractivity contribution in [2.24, 2.45) is 0 Å². The first-order chi connectivity index (χ1) is 8.57. The molecular formula is C15H28O3. The van der Waals surface area contributed by atoms with Crippen LogP contribution in [-0.2, 0) is 9.53 Å². The summed E-state index contributed by atoms with van der Waals surface area (Å²) in [6, 6.07) is 0. The molecule has 0 aromatic heterocycles. The van der Waals surface area contributed by atoms with Crippen molar-refractivity contribution in [1.29, 1.82) is 0 Å². The molecule has 0 aromatic carbocycles. The predicted octanol–water partition coefficient (Wildman–Crippen LogP) is 4.52. The van der Waals surface area contributed by atoms with E-state index in [9.17, 15) is 4.79 Å². The molecule has 1 N–H and O–H groups in total. The van der Waals surface area contributed by atoms with E-state index >= 15 is 0 Å². The van der Waals surface area contributed by atoms with Gasteiger partial charge in [-0.2, -0.15) is 0 Å². The highest BCUT2D eigenvalue weighted by Crippen LogP contribution is 2.12. The molecule has 0 saturated heterocycles. The summed E-state index contributed by atoms with van der Waals surface area (Å²) in [7, 11) is 0. The van der Waals surface area contributed by atoms with Crippen LogP contribution in [0.5, 0.6) is 0 Å². The highest BCUT2D eigenvalue weighted by molar-refractivity contribution is 5.71. The van der Waals surface area contributed by atoms with Crippen LogP contribution in [0.1, 0.15) is 72.1 Å². The molecular weight excluding hydrogens is 228 g/mol. The van der Waals surface area contributed by atoms with Crippen LogP contribution in [0.2, 0.25) is 0 Å². The maximum atomic E-state index is 10.5. The largest absolute Gasteiger partial charge is 0.487 e. The van der Waals surface area contributed by atoms with Crippen molar-refractivity contribution < 1.29 is 14.6 Å². The number of rotatable bonds is 11. The van der Waals surface area contributed by atoms with Crippen molar-refractivity contribution in [3.05, 3.63) is 11.8 Å². The second-order valence-electron chi connectivity index (χ2n) is 4.95. The maximum Gasteiger partial charge on any atom is 0.344 e. The average molecular weight is 256 g/mol. The van der Waals surface area contributed by atoms with Crippen LogP contribution in [0.25, 0.3) is 0 Å². The maximum absolute atomic E-state index is 10.5. The lowest BCUT2D eigenvalue weighted by molar-refractivity contribution is -0.145. The molecule has 3 nitrogen and oxygen atoms in total. The molecule has 0 unspecified atom stereocenters. The molecule has 0 heterocycles. The third-order valence-electron chi connectivity index (χ3n) is 3.00. The molecule has 3 heteroatoms. The van der Waals surface area contributed by atoms with Crippen LogP contribution in [-0.4, -0.2) is 17.2 Å². The highest BCUT2D eigenvalue weighted by Gasteiger charge is 2.09. The van der Waals surface area contributed by atoms with E-state index < -0.39 is 12.1 Å². The zero-order valence-corrected chi connectivity index (χ0v) is 12.1. The van der Waals surface area contributed by atoms with Crippen molar-refractivity contribution >= 4 is 5.97 Å². The van der Waals surface area contributed by atoms with Gasteiger partial charge in [0.1, 0.15) is 0 Å². The van der Waals surface area contributed by atoms with Gasteiger partial charge in [-0.05, 0) is 32.3 Å². The number of carbonyl (C=O) groups is 1. The normalized spacial score (nSPS) is 13.4. The number of ether oxygens (including phenoxy) is 1. The molecule has 0 spiro atoms. The highest BCUT2D eigenvalue weighted by atomic mass is 16.5. The van der Waals surface area contributed by atoms with Gasteiger partial charge in [0, 0.05) is 0 Å². The summed E-state index contributed by atoms with van der Waals surface area (Å²) in [5.74, 6) is -0.921. The van der Waals surface area contributed by atoms with Gasteiger partial charge in [0.05, 0.1) is 6.26 Å². The molecule has 0 fully saturated rings. The molecule has 0 amide bonds. The average Bonchev–Trinajstić information content (AvgIpc) is 2.34. The van der Waals surface area contributed by atoms with E-state index in [0.29, 0.717) is 0 Å². The van der Waals surface area contributed by atoms with Gasteiger partial charge in [0.25, 0.3) is 0 Å². The number of carboxylic acid groups (broad SMARTS) is 1. The van der Waals surface area contributed by atoms with Crippen LogP contribution in [0, 0.1) is 0 Å². The second kappa shape index (κ2) is 11.1. The van der Waals surface area contributed by atoms with E-state index in [4.69, 9.17) is 9.84 Å². The van der Waals surface area contributed by atoms with Crippen molar-refractivity contribution in [3.63, 3.8) is 0 Å². The molecule has 0 radical (unpaired) electrons. The Morgan fingerprint density at radius 2 is 1.72 bits per heavy atom. The minimum atomic E-state index is -0.921. The quantitative estimate of drug-likeness (QED) is 0.436. The Kier molecular flexibility index (Phi) is 10.5. The Balaban J connectivity index is 3.49. The fourth-order valence-corrected chi connectivity index (χ4v) is 1.70. The molecule has 0 aliphatic carbocycles. The van der Waals surface area contributed by atoms with Gasteiger partial charge in [-0.3, -0.25) is 0 Å². The van der Waals surface area contributed by atoms with E-state index in [0.717, 1.165) is 12.0 Å². The standard InChI is InChI=1S/C15H28O3/c1-4-5-6-7-8-9-10-11-13(2)12-18-14(3)15(16)17/h12,14H,4-11H2,1-3H3,(H,16,17)/t14-/m0/s1. The predicted molar refractivity (Wildman–Crippen MR) is 74.5 cm³/mol. The van der Waals surface area contributed by atoms with Gasteiger partial charge < -0.3 is 9.84 Å². The summed E-state index contributed by atoms with van der Waals surface area (Å²) in [4.78, 5) is 10.5. The first-order valence-electron chi connectivity index (χ1n) is 7.11. The molecule has 0 saturated carbocycles. The van der Waals surface area contributed by atoms with Gasteiger partial charge in [0.15, 0.2) is 6.10 Å². The Hall–Kier alpha value is -0.990. The van der Waals surface area contributed by atoms with Gasteiger partial charge >= 0.3 is 5.97 Å². The summed E-state index contributed by atoms with van der Waals surface area (Å²) < 4.78 is 5.11. The molecule has 0 aromatic rings. The molecule has 1 atom stereocenters. The van der Waals surface area contributed by atoms with E-state index in [1.54, 1.807) is 13.2 Å². The zero-order valence-electron chi connectivity index (χ0n) is 12.1. The Labute approximate surface area is 111 Å². The number of unbranched alkanes of at least 4 members (excludes halogenated alkanes) is 6. The molecule has 18 heavy (non-hydrogen) atoms. The molecule has 0 bridgehead atoms. The number of aliphatic carboxylic acids is 1. The summed E-state index contributed by atoms with van der Waals surface area (Å²) in [5, 5.41) is 8.66. The summed E-state index contributed by atoms with van der Waals surface area (Å²) in [6.45, 7) is 5.76. The smallest absolute Gasteiger partial charge is 0.344 e. The SMILES string of the molecule is CCCCCCCCCC(C)=CO[C@@H](C)C(=O)O. The van der Waals surface area contributed by atoms with Crippen LogP contribution in [0.3, 0.4) is 0 Å². The molecule has 106 valence electrons. The van der Waals surface area contributed by atoms with Gasteiger partial charge in [-0.1, -0.05) is 45.4 Å². The summed E-state index contributed by atoms with van der Waals surface area (Å²) in [6.07, 6.45) is 10.9. The van der Waals surface area contributed by atoms with Gasteiger partial charge in [-0.15, -0.1) is 0 Å². The van der Waals surface area contributed by atoms with Crippen LogP contribution >= 0.6 is 0 Å². The lowest BCUT2D eigenvalue weighted by atomic mass is 10.1. The van der Waals surface area contributed by atoms with Crippen LogP contribution < -0.4 is 0 Å². The number of hydrogen-bond acceptors (Lipinski definition) is 2. The molecule has 0 aliphatic heterocycles. The van der Waals surface area contributed by atoms with Crippen molar-refractivity contribution in [1.82, 2.24) is 0 Å². The van der Waals surface area contributed by atoms with E-state index in [1.165, 1.54) is 44.9 Å². The fourth-order valence-electron chi connectivity index (χ4n) is 1.70. The van der Waals surface area contributed by atoms with Crippen molar-refractivity contribution in [3.8, 4) is 0 Å². The third kappa shape index (κ3) is 10.2. The number of carboxylic acids is 1. The van der Waals surface area contributed by atoms with Crippen molar-refractivity contribution in [2.75, 3.05) is 0 Å². The lowest BCUT2D eigenvalue weighted by Gasteiger charge is -2.07. The lowest BCUT2D eigenvalue weighted by Crippen LogP contribution is -2.17. The van der Waals surface area contributed by atoms with Crippen LogP contribution in [0.15, 0.2) is 11.8 Å². The zero-order chi connectivity index (χ0) is 13.8. The first-order valence-corrected chi connectivity index (χ1v) is 7.11. The van der Waals surface area contributed by atoms with E-state index in [2.05, 4.69) is 6.92 Å². The third-order valence-corrected chi connectivity index (χ3v) is 3.00. The second-order valence-corrected chi connectivity index (χ2v) is 4.95. The Morgan fingerprint density at radius 1 is 1.17 bits per heavy atom. The monoisotopic (exact) mass is 256 g/mol. The Bertz CT molecular complexity index is 246. The minimum absolute atomic E-state index is 0.756. The van der Waals surface area contributed by atoms with Crippen molar-refractivity contribution in [2.45, 2.75) is 78.2 Å². The Morgan fingerprint density at radius 3 is 2.28 bits per heavy atom. The van der Waals surface area contributed by atoms with Crippen LogP contribution in [0.4, 0.5) is 0 Å². The summed E-state index contributed by atoms with van der Waals surface area (Å²) in [5.41, 5.74) is 1.12. The first kappa shape index (κ1) is 17.0. The number of allylic oxidation sites excluding steroid dienone is 1. The fraction of sp³-hybridized carbons (Fsp3) is 0.800. The summed E-state index contributed by atoms with van der Waals surface area (Å²) >= 11 is 0. The van der Waals surface area contributed by atoms with Gasteiger partial charge in [-0.25, -0.2) is 4.79 Å². The van der Waals surface area contributed by atoms with E-state index in [1.807, 2.05) is 6.92 Å². The molecule has 0 aliphatic rings. The van der Waals surface area contributed by atoms with Gasteiger partial charge in [0.2, 0.25) is 0 Å².